The number of aromatic nitrogens is 1. The van der Waals surface area contributed by atoms with Gasteiger partial charge in [0.25, 0.3) is 5.91 Å². The summed E-state index contributed by atoms with van der Waals surface area (Å²) in [4.78, 5) is 29.2. The molecule has 0 unspecified atom stereocenters. The van der Waals surface area contributed by atoms with Gasteiger partial charge in [-0.2, -0.15) is 4.37 Å². The summed E-state index contributed by atoms with van der Waals surface area (Å²) >= 11 is 1.35. The first-order chi connectivity index (χ1) is 12.7. The number of piperidine rings is 3. The van der Waals surface area contributed by atoms with Crippen molar-refractivity contribution < 1.29 is 9.59 Å². The fourth-order valence-corrected chi connectivity index (χ4v) is 5.30. The Bertz CT molecular complexity index is 872. The van der Waals surface area contributed by atoms with E-state index in [9.17, 15) is 9.59 Å². The van der Waals surface area contributed by atoms with Gasteiger partial charge in [0.2, 0.25) is 5.91 Å². The van der Waals surface area contributed by atoms with Crippen molar-refractivity contribution in [3.63, 3.8) is 0 Å². The molecule has 4 aliphatic heterocycles. The molecule has 1 aromatic carbocycles. The summed E-state index contributed by atoms with van der Waals surface area (Å²) in [7, 11) is 0. The second kappa shape index (κ2) is 6.32. The zero-order chi connectivity index (χ0) is 17.7. The van der Waals surface area contributed by atoms with Crippen LogP contribution in [0.5, 0.6) is 0 Å². The molecule has 0 aliphatic carbocycles. The van der Waals surface area contributed by atoms with Crippen molar-refractivity contribution in [1.82, 2.24) is 14.6 Å². The lowest BCUT2D eigenvalue weighted by molar-refractivity contribution is -0.117. The van der Waals surface area contributed by atoms with Crippen molar-refractivity contribution >= 4 is 39.1 Å². The Kier molecular flexibility index (Phi) is 3.94. The lowest BCUT2D eigenvalue weighted by Crippen LogP contribution is -2.57. The van der Waals surface area contributed by atoms with Gasteiger partial charge in [0.1, 0.15) is 5.69 Å². The number of amides is 2. The van der Waals surface area contributed by atoms with Gasteiger partial charge in [-0.25, -0.2) is 0 Å². The summed E-state index contributed by atoms with van der Waals surface area (Å²) in [5, 5.41) is 4.08. The van der Waals surface area contributed by atoms with Crippen LogP contribution in [0.25, 0.3) is 10.1 Å². The van der Waals surface area contributed by atoms with E-state index in [0.717, 1.165) is 48.4 Å². The molecule has 4 fully saturated rings. The average Bonchev–Trinajstić information content (AvgIpc) is 3.28. The third-order valence-corrected chi connectivity index (χ3v) is 6.85. The van der Waals surface area contributed by atoms with Crippen LogP contribution >= 0.6 is 11.5 Å². The molecule has 1 atom stereocenters. The number of hydrogen-bond donors (Lipinski definition) is 1. The number of hydrogen-bond acceptors (Lipinski definition) is 5. The maximum Gasteiger partial charge on any atom is 0.271 e. The molecule has 4 aliphatic rings. The molecule has 7 heteroatoms. The summed E-state index contributed by atoms with van der Waals surface area (Å²) < 4.78 is 5.41. The first-order valence-corrected chi connectivity index (χ1v) is 10.2. The Morgan fingerprint density at radius 2 is 2.08 bits per heavy atom. The second-order valence-electron chi connectivity index (χ2n) is 7.58. The van der Waals surface area contributed by atoms with Gasteiger partial charge in [0.05, 0.1) is 4.70 Å². The Morgan fingerprint density at radius 1 is 1.23 bits per heavy atom. The largest absolute Gasteiger partial charge is 0.346 e. The average molecular weight is 370 g/mol. The van der Waals surface area contributed by atoms with E-state index < -0.39 is 0 Å². The van der Waals surface area contributed by atoms with Crippen molar-refractivity contribution in [1.29, 1.82) is 0 Å². The van der Waals surface area contributed by atoms with Crippen LogP contribution in [-0.2, 0) is 4.79 Å². The van der Waals surface area contributed by atoms with E-state index in [2.05, 4.69) is 14.6 Å². The molecule has 0 saturated carbocycles. The zero-order valence-electron chi connectivity index (χ0n) is 14.6. The fraction of sp³-hybridized carbons (Fsp3) is 0.526. The highest BCUT2D eigenvalue weighted by atomic mass is 32.1. The molecule has 0 radical (unpaired) electrons. The number of benzene rings is 1. The van der Waals surface area contributed by atoms with Crippen molar-refractivity contribution in [2.24, 2.45) is 5.92 Å². The number of carbonyl (C=O) groups excluding carboxylic acids is 2. The second-order valence-corrected chi connectivity index (χ2v) is 8.38. The van der Waals surface area contributed by atoms with Gasteiger partial charge >= 0.3 is 0 Å². The molecule has 6 rings (SSSR count). The van der Waals surface area contributed by atoms with Gasteiger partial charge in [0, 0.05) is 36.6 Å². The lowest BCUT2D eigenvalue weighted by Gasteiger charge is -2.44. The molecular formula is C19H22N4O2S. The molecule has 2 bridgehead atoms. The Morgan fingerprint density at radius 3 is 2.77 bits per heavy atom. The number of nitrogens with one attached hydrogen (secondary N) is 1. The number of fused-ring (bicyclic) bond motifs is 4. The molecule has 5 heterocycles. The van der Waals surface area contributed by atoms with Gasteiger partial charge in [-0.1, -0.05) is 0 Å². The van der Waals surface area contributed by atoms with Crippen molar-refractivity contribution in [3.8, 4) is 0 Å². The van der Waals surface area contributed by atoms with Crippen LogP contribution in [0.1, 0.15) is 36.2 Å². The topological polar surface area (TPSA) is 65.5 Å². The normalized spacial score (nSPS) is 28.1. The van der Waals surface area contributed by atoms with Crippen LogP contribution in [0.4, 0.5) is 5.69 Å². The molecule has 136 valence electrons. The van der Waals surface area contributed by atoms with E-state index in [-0.39, 0.29) is 17.9 Å². The van der Waals surface area contributed by atoms with Crippen molar-refractivity contribution in [2.75, 3.05) is 31.1 Å². The maximum atomic E-state index is 12.9. The third-order valence-electron chi connectivity index (χ3n) is 6.03. The van der Waals surface area contributed by atoms with E-state index >= 15 is 0 Å². The Labute approximate surface area is 156 Å². The van der Waals surface area contributed by atoms with Gasteiger partial charge in [-0.3, -0.25) is 9.59 Å². The van der Waals surface area contributed by atoms with Crippen LogP contribution < -0.4 is 10.2 Å². The van der Waals surface area contributed by atoms with E-state index in [4.69, 9.17) is 0 Å². The summed E-state index contributed by atoms with van der Waals surface area (Å²) in [6.07, 6.45) is 3.84. The van der Waals surface area contributed by atoms with Crippen LogP contribution in [0.3, 0.4) is 0 Å². The summed E-state index contributed by atoms with van der Waals surface area (Å²) in [6.45, 7) is 4.02. The summed E-state index contributed by atoms with van der Waals surface area (Å²) in [6, 6.07) is 6.11. The number of rotatable bonds is 3. The number of carbonyl (C=O) groups is 2. The predicted octanol–water partition coefficient (Wildman–Crippen LogP) is 2.25. The molecule has 4 saturated heterocycles. The molecule has 2 aromatic rings. The van der Waals surface area contributed by atoms with E-state index in [1.807, 2.05) is 23.1 Å². The van der Waals surface area contributed by atoms with Crippen molar-refractivity contribution in [3.05, 3.63) is 23.9 Å². The zero-order valence-corrected chi connectivity index (χ0v) is 15.4. The molecule has 2 amide bonds. The highest BCUT2D eigenvalue weighted by Crippen LogP contribution is 2.31. The van der Waals surface area contributed by atoms with Crippen LogP contribution in [0, 0.1) is 5.92 Å². The van der Waals surface area contributed by atoms with Crippen molar-refractivity contribution in [2.45, 2.75) is 31.7 Å². The Balaban J connectivity index is 1.41. The standard InChI is InChI=1S/C19H22N4O2S/c24-17-2-1-7-23(17)13-3-4-16-14(10-13)18(21-26-16)19(25)20-15-11-22-8-5-12(15)6-9-22/h3-4,10,12,15H,1-2,5-9,11H2,(H,20,25)/t15-/m1/s1. The monoisotopic (exact) mass is 370 g/mol. The fourth-order valence-electron chi connectivity index (χ4n) is 4.54. The Hall–Kier alpha value is -1.99. The number of nitrogens with zero attached hydrogens (tertiary/aromatic N) is 3. The molecule has 26 heavy (non-hydrogen) atoms. The minimum atomic E-state index is -0.0834. The van der Waals surface area contributed by atoms with E-state index in [1.165, 1.54) is 24.4 Å². The summed E-state index contributed by atoms with van der Waals surface area (Å²) in [5.74, 6) is 0.664. The van der Waals surface area contributed by atoms with Gasteiger partial charge < -0.3 is 15.1 Å². The molecule has 6 nitrogen and oxygen atoms in total. The first-order valence-electron chi connectivity index (χ1n) is 9.42. The van der Waals surface area contributed by atoms with Crippen LogP contribution in [0.2, 0.25) is 0 Å². The molecule has 0 spiro atoms. The highest BCUT2D eigenvalue weighted by molar-refractivity contribution is 7.13. The van der Waals surface area contributed by atoms with Crippen LogP contribution in [-0.4, -0.2) is 53.3 Å². The van der Waals surface area contributed by atoms with Gasteiger partial charge in [-0.15, -0.1) is 0 Å². The third kappa shape index (κ3) is 2.70. The lowest BCUT2D eigenvalue weighted by atomic mass is 9.84. The smallest absolute Gasteiger partial charge is 0.271 e. The van der Waals surface area contributed by atoms with E-state index in [0.29, 0.717) is 18.0 Å². The maximum absolute atomic E-state index is 12.9. The minimum absolute atomic E-state index is 0.0834. The van der Waals surface area contributed by atoms with Gasteiger partial charge in [-0.05, 0) is 68.0 Å². The molecular weight excluding hydrogens is 348 g/mol. The van der Waals surface area contributed by atoms with Gasteiger partial charge in [0.15, 0.2) is 0 Å². The summed E-state index contributed by atoms with van der Waals surface area (Å²) in [5.41, 5.74) is 1.37. The first kappa shape index (κ1) is 16.2. The highest BCUT2D eigenvalue weighted by Gasteiger charge is 2.35. The minimum Gasteiger partial charge on any atom is -0.346 e. The molecule has 1 N–H and O–H groups in total. The SMILES string of the molecule is O=C(N[C@@H]1CN2CCC1CC2)c1nsc2ccc(N3CCCC3=O)cc12. The number of anilines is 1. The predicted molar refractivity (Wildman–Crippen MR) is 102 cm³/mol. The van der Waals surface area contributed by atoms with Crippen LogP contribution in [0.15, 0.2) is 18.2 Å². The van der Waals surface area contributed by atoms with E-state index in [1.54, 1.807) is 0 Å². The quantitative estimate of drug-likeness (QED) is 0.900. The molecule has 1 aromatic heterocycles.